The van der Waals surface area contributed by atoms with Crippen LogP contribution in [0.3, 0.4) is 0 Å². The summed E-state index contributed by atoms with van der Waals surface area (Å²) in [5.74, 6) is -0.507. The van der Waals surface area contributed by atoms with Crippen LogP contribution in [0.4, 0.5) is 9.18 Å². The molecule has 6 nitrogen and oxygen atoms in total. The average molecular weight is 353 g/mol. The van der Waals surface area contributed by atoms with Gasteiger partial charge in [-0.15, -0.1) is 0 Å². The van der Waals surface area contributed by atoms with Gasteiger partial charge in [0.1, 0.15) is 23.7 Å². The number of nitriles is 1. The number of rotatable bonds is 5. The van der Waals surface area contributed by atoms with Crippen LogP contribution in [0.2, 0.25) is 0 Å². The summed E-state index contributed by atoms with van der Waals surface area (Å²) < 4.78 is 18.5. The molecule has 1 unspecified atom stereocenters. The first-order valence-corrected chi connectivity index (χ1v) is 7.97. The first kappa shape index (κ1) is 17.4. The summed E-state index contributed by atoms with van der Waals surface area (Å²) in [5.41, 5.74) is -0.151. The van der Waals surface area contributed by atoms with E-state index in [1.807, 2.05) is 6.07 Å². The highest BCUT2D eigenvalue weighted by Crippen LogP contribution is 2.28. The van der Waals surface area contributed by atoms with E-state index in [1.165, 1.54) is 18.2 Å². The largest absolute Gasteiger partial charge is 0.492 e. The molecule has 0 saturated carbocycles. The van der Waals surface area contributed by atoms with Crippen molar-refractivity contribution >= 4 is 11.9 Å². The number of nitrogens with zero attached hydrogens (tertiary/aromatic N) is 2. The van der Waals surface area contributed by atoms with Crippen molar-refractivity contribution in [3.63, 3.8) is 0 Å². The van der Waals surface area contributed by atoms with Gasteiger partial charge in [-0.3, -0.25) is 9.69 Å². The third-order valence-corrected chi connectivity index (χ3v) is 4.25. The lowest BCUT2D eigenvalue weighted by Crippen LogP contribution is -2.41. The summed E-state index contributed by atoms with van der Waals surface area (Å²) in [4.78, 5) is 26.0. The molecule has 26 heavy (non-hydrogen) atoms. The Bertz CT molecular complexity index is 892. The smallest absolute Gasteiger partial charge is 0.325 e. The van der Waals surface area contributed by atoms with E-state index >= 15 is 0 Å². The van der Waals surface area contributed by atoms with Gasteiger partial charge in [-0.05, 0) is 36.8 Å². The fourth-order valence-corrected chi connectivity index (χ4v) is 2.79. The molecule has 132 valence electrons. The minimum Gasteiger partial charge on any atom is -0.492 e. The molecule has 2 aromatic carbocycles. The van der Waals surface area contributed by atoms with Crippen LogP contribution in [0.1, 0.15) is 18.1 Å². The summed E-state index contributed by atoms with van der Waals surface area (Å²) in [5, 5.41) is 11.6. The SMILES string of the molecule is CC1(c2ccc(C#N)cc2)NC(=O)N(CCOc2cccc(F)c2)C1=O. The fraction of sp³-hybridized carbons (Fsp3) is 0.211. The zero-order valence-corrected chi connectivity index (χ0v) is 14.0. The molecule has 0 radical (unpaired) electrons. The van der Waals surface area contributed by atoms with Gasteiger partial charge < -0.3 is 10.1 Å². The van der Waals surface area contributed by atoms with E-state index in [4.69, 9.17) is 10.00 Å². The normalized spacial score (nSPS) is 19.2. The number of benzene rings is 2. The molecule has 1 N–H and O–H groups in total. The van der Waals surface area contributed by atoms with Crippen molar-refractivity contribution in [3.8, 4) is 11.8 Å². The van der Waals surface area contributed by atoms with Crippen LogP contribution in [-0.4, -0.2) is 30.0 Å². The molecule has 1 saturated heterocycles. The van der Waals surface area contributed by atoms with E-state index in [9.17, 15) is 14.0 Å². The maximum absolute atomic E-state index is 13.1. The van der Waals surface area contributed by atoms with E-state index in [0.29, 0.717) is 16.9 Å². The fourth-order valence-electron chi connectivity index (χ4n) is 2.79. The van der Waals surface area contributed by atoms with Crippen molar-refractivity contribution in [2.45, 2.75) is 12.5 Å². The van der Waals surface area contributed by atoms with Crippen molar-refractivity contribution in [2.75, 3.05) is 13.2 Å². The number of hydrogen-bond acceptors (Lipinski definition) is 4. The third kappa shape index (κ3) is 3.22. The first-order valence-electron chi connectivity index (χ1n) is 7.97. The number of hydrogen-bond donors (Lipinski definition) is 1. The lowest BCUT2D eigenvalue weighted by atomic mass is 9.91. The molecule has 0 aliphatic carbocycles. The predicted molar refractivity (Wildman–Crippen MR) is 90.6 cm³/mol. The predicted octanol–water partition coefficient (Wildman–Crippen LogP) is 2.54. The lowest BCUT2D eigenvalue weighted by Gasteiger charge is -2.22. The van der Waals surface area contributed by atoms with Crippen LogP contribution in [0.5, 0.6) is 5.75 Å². The highest BCUT2D eigenvalue weighted by molar-refractivity contribution is 6.07. The summed E-state index contributed by atoms with van der Waals surface area (Å²) in [6.07, 6.45) is 0. The average Bonchev–Trinajstić information content (AvgIpc) is 2.86. The van der Waals surface area contributed by atoms with Gasteiger partial charge in [0.15, 0.2) is 0 Å². The summed E-state index contributed by atoms with van der Waals surface area (Å²) in [6, 6.07) is 13.6. The number of carbonyl (C=O) groups excluding carboxylic acids is 2. The van der Waals surface area contributed by atoms with Gasteiger partial charge in [0.25, 0.3) is 5.91 Å². The Kier molecular flexibility index (Phi) is 4.59. The molecular weight excluding hydrogens is 337 g/mol. The van der Waals surface area contributed by atoms with Crippen molar-refractivity contribution in [1.82, 2.24) is 10.2 Å². The number of ether oxygens (including phenoxy) is 1. The van der Waals surface area contributed by atoms with E-state index in [0.717, 1.165) is 4.90 Å². The van der Waals surface area contributed by atoms with Gasteiger partial charge >= 0.3 is 6.03 Å². The molecule has 0 spiro atoms. The second-order valence-corrected chi connectivity index (χ2v) is 6.01. The number of carbonyl (C=O) groups is 2. The lowest BCUT2D eigenvalue weighted by molar-refractivity contribution is -0.131. The first-order chi connectivity index (χ1) is 12.4. The molecule has 7 heteroatoms. The second kappa shape index (κ2) is 6.84. The van der Waals surface area contributed by atoms with Gasteiger partial charge in [0.2, 0.25) is 0 Å². The summed E-state index contributed by atoms with van der Waals surface area (Å²) in [7, 11) is 0. The maximum Gasteiger partial charge on any atom is 0.325 e. The number of nitrogens with one attached hydrogen (secondary N) is 1. The minimum absolute atomic E-state index is 0.0348. The number of halogens is 1. The number of urea groups is 1. The zero-order chi connectivity index (χ0) is 18.7. The van der Waals surface area contributed by atoms with Crippen LogP contribution in [-0.2, 0) is 10.3 Å². The van der Waals surface area contributed by atoms with Crippen LogP contribution < -0.4 is 10.1 Å². The number of imide groups is 1. The highest BCUT2D eigenvalue weighted by atomic mass is 19.1. The quantitative estimate of drug-likeness (QED) is 0.838. The van der Waals surface area contributed by atoms with Gasteiger partial charge in [-0.25, -0.2) is 9.18 Å². The Morgan fingerprint density at radius 2 is 1.96 bits per heavy atom. The van der Waals surface area contributed by atoms with Crippen LogP contribution >= 0.6 is 0 Å². The highest BCUT2D eigenvalue weighted by Gasteiger charge is 2.48. The van der Waals surface area contributed by atoms with Gasteiger partial charge in [-0.2, -0.15) is 5.26 Å². The minimum atomic E-state index is -1.20. The molecule has 0 bridgehead atoms. The Morgan fingerprint density at radius 1 is 1.23 bits per heavy atom. The van der Waals surface area contributed by atoms with Crippen molar-refractivity contribution in [1.29, 1.82) is 5.26 Å². The van der Waals surface area contributed by atoms with Crippen LogP contribution in [0, 0.1) is 17.1 Å². The second-order valence-electron chi connectivity index (χ2n) is 6.01. The Morgan fingerprint density at radius 3 is 2.62 bits per heavy atom. The van der Waals surface area contributed by atoms with E-state index in [2.05, 4.69) is 5.32 Å². The molecule has 2 aromatic rings. The topological polar surface area (TPSA) is 82.4 Å². The maximum atomic E-state index is 13.1. The Balaban J connectivity index is 1.69. The molecular formula is C19H16FN3O3. The molecule has 1 fully saturated rings. The Hall–Kier alpha value is -3.40. The molecule has 1 heterocycles. The van der Waals surface area contributed by atoms with Crippen molar-refractivity contribution < 1.29 is 18.7 Å². The monoisotopic (exact) mass is 353 g/mol. The Labute approximate surface area is 149 Å². The molecule has 1 atom stereocenters. The molecule has 3 amide bonds. The van der Waals surface area contributed by atoms with Gasteiger partial charge in [-0.1, -0.05) is 18.2 Å². The van der Waals surface area contributed by atoms with E-state index in [1.54, 1.807) is 37.3 Å². The third-order valence-electron chi connectivity index (χ3n) is 4.25. The molecule has 1 aliphatic rings. The van der Waals surface area contributed by atoms with Crippen LogP contribution in [0.25, 0.3) is 0 Å². The van der Waals surface area contributed by atoms with E-state index in [-0.39, 0.29) is 13.2 Å². The number of amides is 3. The van der Waals surface area contributed by atoms with Crippen molar-refractivity contribution in [2.24, 2.45) is 0 Å². The molecule has 3 rings (SSSR count). The zero-order valence-electron chi connectivity index (χ0n) is 14.0. The van der Waals surface area contributed by atoms with E-state index < -0.39 is 23.3 Å². The standard InChI is InChI=1S/C19H16FN3O3/c1-19(14-7-5-13(12-21)6-8-14)17(24)23(18(25)22-19)9-10-26-16-4-2-3-15(20)11-16/h2-8,11H,9-10H2,1H3,(H,22,25). The molecule has 1 aliphatic heterocycles. The molecule has 0 aromatic heterocycles. The summed E-state index contributed by atoms with van der Waals surface area (Å²) in [6.45, 7) is 1.70. The van der Waals surface area contributed by atoms with Gasteiger partial charge in [0.05, 0.1) is 18.2 Å². The van der Waals surface area contributed by atoms with Gasteiger partial charge in [0, 0.05) is 6.07 Å². The van der Waals surface area contributed by atoms with Crippen LogP contribution in [0.15, 0.2) is 48.5 Å². The van der Waals surface area contributed by atoms with Crippen molar-refractivity contribution in [3.05, 3.63) is 65.5 Å². The summed E-state index contributed by atoms with van der Waals surface area (Å²) >= 11 is 0.